The average Bonchev–Trinajstić information content (AvgIpc) is 2.00. The third kappa shape index (κ3) is 512. The van der Waals surface area contributed by atoms with Crippen LogP contribution in [0, 0.1) is 59.2 Å². The molecule has 9 heterocycles. The summed E-state index contributed by atoms with van der Waals surface area (Å²) >= 11 is 0. The number of nitrogens with zero attached hydrogens (tertiary/aromatic N) is 16. The standard InChI is InChI=1S/C6H6.C5H5N.3C4H4N2.10C4H10.C3H3N3.2C3H4N2.2C2H3N3.10C2H6/c2*1-2-4-6-5-3-1;1-2-6-4-3-5-1;1-2-5-4-6-3-1;1-2-4-6-5-3-1;10*1-4(2)3;1-2-5-6-3-4-1;1-2-5-3-4-1;1-2-4-5-3-1;1-3-2-5-4-1;1-2-4-5-3-1;10*1-2/h1-6H;1-5H;3*1-4H;10*4H,1-3H3;1-3H;2*1-3H,(H,4,5);2*1-2H,(H,3,4,5);10*1-2H3. The number of hydrogen-bond donors (Lipinski definition) is 4. The molecule has 0 amide bonds. The van der Waals surface area contributed by atoms with E-state index in [-0.39, 0.29) is 0 Å². The number of pyridine rings is 1. The van der Waals surface area contributed by atoms with Gasteiger partial charge in [0.05, 0.1) is 24.9 Å². The normalized spacial score (nSPS) is 7.48. The summed E-state index contributed by atoms with van der Waals surface area (Å²) in [6, 6.07) is 25.0. The summed E-state index contributed by atoms with van der Waals surface area (Å²) in [5, 5.41) is 35.5. The summed E-state index contributed by atoms with van der Waals surface area (Å²) in [4.78, 5) is 32.2. The van der Waals surface area contributed by atoms with Crippen molar-refractivity contribution in [1.82, 2.24) is 101 Å². The van der Waals surface area contributed by atoms with Crippen LogP contribution in [-0.4, -0.2) is 101 Å². The molecule has 0 spiro atoms. The first-order valence-electron chi connectivity index (χ1n) is 43.3. The quantitative estimate of drug-likeness (QED) is 0.110. The van der Waals surface area contributed by atoms with Crippen molar-refractivity contribution in [3.05, 3.63) is 222 Å². The molecule has 10 aromatic rings. The molecule has 0 aliphatic carbocycles. The second-order valence-electron chi connectivity index (χ2n) is 25.8. The molecule has 20 heteroatoms. The molecule has 10 rings (SSSR count). The molecule has 20 nitrogen and oxygen atoms in total. The molecule has 0 aliphatic heterocycles. The fraction of sp³-hybridized carbons (Fsp3) is 0.625. The Labute approximate surface area is 724 Å². The maximum atomic E-state index is 3.78. The van der Waals surface area contributed by atoms with Crippen molar-refractivity contribution in [1.29, 1.82) is 0 Å². The molecule has 0 radical (unpaired) electrons. The van der Waals surface area contributed by atoms with Crippen LogP contribution < -0.4 is 0 Å². The minimum Gasteiger partial charge on any atom is -0.351 e. The van der Waals surface area contributed by atoms with Crippen molar-refractivity contribution in [3.8, 4) is 0 Å². The first kappa shape index (κ1) is 159. The Kier molecular flexibility index (Phi) is 271. The van der Waals surface area contributed by atoms with Crippen LogP contribution in [0.2, 0.25) is 0 Å². The maximum Gasteiger partial charge on any atom is 0.138 e. The van der Waals surface area contributed by atoms with E-state index in [0.717, 1.165) is 59.2 Å². The van der Waals surface area contributed by atoms with Gasteiger partial charge in [0.2, 0.25) is 0 Å². The lowest BCUT2D eigenvalue weighted by atomic mass is 10.3. The van der Waals surface area contributed by atoms with Gasteiger partial charge in [0.25, 0.3) is 0 Å². The highest BCUT2D eigenvalue weighted by atomic mass is 15.3. The van der Waals surface area contributed by atoms with Gasteiger partial charge in [-0.15, -0.1) is 5.10 Å². The SMILES string of the molecule is CC.CC.CC.CC.CC.CC.CC.CC.CC.CC.CC(C)C.CC(C)C.CC(C)C.CC(C)C.CC(C)C.CC(C)C.CC(C)C.CC(C)C.CC(C)C.CC(C)C.c1c[nH]cn1.c1ccccc1.c1ccncc1.c1ccnnc1.c1cn[nH]c1.c1cn[nH]n1.c1cnccn1.c1cncnc1.c1cnncn1.c1nc[nH]n1. The summed E-state index contributed by atoms with van der Waals surface area (Å²) in [6.07, 6.45) is 37.4. The number of aromatic amines is 4. The molecule has 9 aromatic heterocycles. The Morgan fingerprint density at radius 2 is 0.431 bits per heavy atom. The average molecular weight is 1630 g/mol. The summed E-state index contributed by atoms with van der Waals surface area (Å²) < 4.78 is 0. The Hall–Kier alpha value is -8.68. The highest BCUT2D eigenvalue weighted by Gasteiger charge is 1.73. The number of hydrogen-bond acceptors (Lipinski definition) is 16. The molecule has 116 heavy (non-hydrogen) atoms. The first-order chi connectivity index (χ1) is 55.3. The Bertz CT molecular complexity index is 1740. The van der Waals surface area contributed by atoms with E-state index in [2.05, 4.69) is 309 Å². The van der Waals surface area contributed by atoms with E-state index < -0.39 is 0 Å². The molecule has 0 fully saturated rings. The van der Waals surface area contributed by atoms with Crippen molar-refractivity contribution in [3.63, 3.8) is 0 Å². The Balaban J connectivity index is -0.0000000460. The number of H-pyrrole nitrogens is 4. The molecular weight excluding hydrogens is 1430 g/mol. The van der Waals surface area contributed by atoms with E-state index >= 15 is 0 Å². The third-order valence-electron chi connectivity index (χ3n) is 4.55. The van der Waals surface area contributed by atoms with Crippen LogP contribution in [0.5, 0.6) is 0 Å². The Morgan fingerprint density at radius 1 is 0.164 bits per heavy atom. The van der Waals surface area contributed by atoms with Gasteiger partial charge in [0, 0.05) is 93.0 Å². The lowest BCUT2D eigenvalue weighted by Crippen LogP contribution is -1.75. The minimum absolute atomic E-state index is 0.833. The number of nitrogens with one attached hydrogen (secondary N) is 4. The topological polar surface area (TPSA) is 269 Å². The predicted octanol–water partition coefficient (Wildman–Crippen LogP) is 31.4. The summed E-state index contributed by atoms with van der Waals surface area (Å²) in [6.45, 7) is 105. The van der Waals surface area contributed by atoms with Gasteiger partial charge < -0.3 is 4.98 Å². The van der Waals surface area contributed by atoms with Crippen LogP contribution in [0.25, 0.3) is 0 Å². The summed E-state index contributed by atoms with van der Waals surface area (Å²) in [7, 11) is 0. The van der Waals surface area contributed by atoms with Gasteiger partial charge in [0.1, 0.15) is 25.3 Å². The van der Waals surface area contributed by atoms with E-state index in [1.165, 1.54) is 31.5 Å². The molecule has 0 bridgehead atoms. The van der Waals surface area contributed by atoms with Crippen LogP contribution >= 0.6 is 0 Å². The Morgan fingerprint density at radius 3 is 0.517 bits per heavy atom. The summed E-state index contributed by atoms with van der Waals surface area (Å²) in [5.41, 5.74) is 0. The van der Waals surface area contributed by atoms with Crippen LogP contribution in [0.4, 0.5) is 0 Å². The highest BCUT2D eigenvalue weighted by Crippen LogP contribution is 1.86. The molecule has 0 saturated carbocycles. The number of rotatable bonds is 0. The highest BCUT2D eigenvalue weighted by molar-refractivity contribution is 4.99. The zero-order chi connectivity index (χ0) is 95.4. The van der Waals surface area contributed by atoms with Gasteiger partial charge >= 0.3 is 0 Å². The fourth-order valence-electron chi connectivity index (χ4n) is 2.43. The monoisotopic (exact) mass is 1630 g/mol. The molecule has 0 unspecified atom stereocenters. The first-order valence-corrected chi connectivity index (χ1v) is 43.3. The van der Waals surface area contributed by atoms with Crippen molar-refractivity contribution in [2.45, 2.75) is 346 Å². The van der Waals surface area contributed by atoms with Crippen molar-refractivity contribution >= 4 is 0 Å². The largest absolute Gasteiger partial charge is 0.351 e. The van der Waals surface area contributed by atoms with Crippen LogP contribution in [0.15, 0.2) is 222 Å². The van der Waals surface area contributed by atoms with E-state index in [4.69, 9.17) is 0 Å². The molecule has 0 saturated heterocycles. The van der Waals surface area contributed by atoms with Crippen LogP contribution in [0.1, 0.15) is 346 Å². The van der Waals surface area contributed by atoms with Crippen LogP contribution in [0.3, 0.4) is 0 Å². The number of imidazole rings is 1. The van der Waals surface area contributed by atoms with Gasteiger partial charge in [0.15, 0.2) is 0 Å². The van der Waals surface area contributed by atoms with E-state index in [1.807, 2.05) is 211 Å². The van der Waals surface area contributed by atoms with Gasteiger partial charge in [-0.1, -0.05) is 389 Å². The summed E-state index contributed by atoms with van der Waals surface area (Å²) in [5.74, 6) is 8.33. The second-order valence-corrected chi connectivity index (χ2v) is 25.8. The second kappa shape index (κ2) is 197. The zero-order valence-electron chi connectivity index (χ0n) is 85.7. The molecule has 0 atom stereocenters. The van der Waals surface area contributed by atoms with Gasteiger partial charge in [-0.25, -0.2) is 24.9 Å². The van der Waals surface area contributed by atoms with E-state index in [9.17, 15) is 0 Å². The number of aromatic nitrogens is 20. The maximum absolute atomic E-state index is 3.78. The molecule has 1 aromatic carbocycles. The van der Waals surface area contributed by atoms with Gasteiger partial charge in [-0.2, -0.15) is 40.9 Å². The molecule has 4 N–H and O–H groups in total. The smallest absolute Gasteiger partial charge is 0.138 e. The van der Waals surface area contributed by atoms with E-state index in [1.54, 1.807) is 118 Å². The third-order valence-corrected chi connectivity index (χ3v) is 4.55. The lowest BCUT2D eigenvalue weighted by molar-refractivity contribution is 0.736. The molecule has 684 valence electrons. The molecule has 0 aliphatic rings. The zero-order valence-corrected chi connectivity index (χ0v) is 85.7. The predicted molar refractivity (Wildman–Crippen MR) is 525 cm³/mol. The van der Waals surface area contributed by atoms with Crippen molar-refractivity contribution in [2.75, 3.05) is 0 Å². The number of benzene rings is 1. The van der Waals surface area contributed by atoms with Crippen molar-refractivity contribution in [2.24, 2.45) is 59.2 Å². The lowest BCUT2D eigenvalue weighted by Gasteiger charge is -1.79. The van der Waals surface area contributed by atoms with Gasteiger partial charge in [-0.05, 0) is 95.6 Å². The van der Waals surface area contributed by atoms with Gasteiger partial charge in [-0.3, -0.25) is 25.1 Å². The minimum atomic E-state index is 0.833. The fourth-order valence-corrected chi connectivity index (χ4v) is 2.43. The van der Waals surface area contributed by atoms with Crippen LogP contribution in [-0.2, 0) is 0 Å². The van der Waals surface area contributed by atoms with E-state index in [0.29, 0.717) is 0 Å². The van der Waals surface area contributed by atoms with Crippen molar-refractivity contribution < 1.29 is 0 Å². The molecular formula is C96H200N20.